The number of aromatic nitrogens is 2. The molecule has 1 aromatic rings. The van der Waals surface area contributed by atoms with Crippen LogP contribution in [-0.2, 0) is 23.0 Å². The van der Waals surface area contributed by atoms with Crippen LogP contribution >= 0.6 is 0 Å². The Morgan fingerprint density at radius 1 is 1.39 bits per heavy atom. The molecule has 0 bridgehead atoms. The Balaban J connectivity index is 1.67. The average Bonchev–Trinajstić information content (AvgIpc) is 2.94. The molecule has 0 spiro atoms. The first-order valence-electron chi connectivity index (χ1n) is 8.18. The van der Waals surface area contributed by atoms with Gasteiger partial charge >= 0.3 is 0 Å². The lowest BCUT2D eigenvalue weighted by Crippen LogP contribution is -2.46. The van der Waals surface area contributed by atoms with E-state index < -0.39 is 10.0 Å². The minimum atomic E-state index is -3.08. The lowest BCUT2D eigenvalue weighted by atomic mass is 10.1. The molecule has 1 atom stereocenters. The van der Waals surface area contributed by atoms with E-state index in [4.69, 9.17) is 4.52 Å². The second kappa shape index (κ2) is 8.72. The van der Waals surface area contributed by atoms with Crippen LogP contribution in [0.15, 0.2) is 4.52 Å². The monoisotopic (exact) mass is 345 g/mol. The average molecular weight is 345 g/mol. The number of hydrogen-bond donors (Lipinski definition) is 2. The molecule has 132 valence electrons. The van der Waals surface area contributed by atoms with Gasteiger partial charge in [0.25, 0.3) is 0 Å². The topological polar surface area (TPSA) is 100 Å². The Hall–Kier alpha value is -1.03. The molecule has 1 saturated heterocycles. The van der Waals surface area contributed by atoms with Gasteiger partial charge in [0, 0.05) is 25.6 Å². The van der Waals surface area contributed by atoms with Crippen LogP contribution < -0.4 is 10.0 Å². The fraction of sp³-hybridized carbons (Fsp3) is 0.857. The van der Waals surface area contributed by atoms with E-state index in [0.29, 0.717) is 18.5 Å². The lowest BCUT2D eigenvalue weighted by Gasteiger charge is -2.32. The minimum absolute atomic E-state index is 0.430. The van der Waals surface area contributed by atoms with E-state index in [1.54, 1.807) is 0 Å². The first-order chi connectivity index (χ1) is 11.0. The van der Waals surface area contributed by atoms with Crippen molar-refractivity contribution in [2.75, 3.05) is 32.4 Å². The Kier molecular flexibility index (Phi) is 6.94. The molecule has 1 aromatic heterocycles. The van der Waals surface area contributed by atoms with Crippen LogP contribution in [0.5, 0.6) is 0 Å². The minimum Gasteiger partial charge on any atom is -0.339 e. The second-order valence-electron chi connectivity index (χ2n) is 6.01. The van der Waals surface area contributed by atoms with Gasteiger partial charge in [0.05, 0.1) is 12.8 Å². The van der Waals surface area contributed by atoms with Gasteiger partial charge in [-0.25, -0.2) is 13.1 Å². The summed E-state index contributed by atoms with van der Waals surface area (Å²) in [4.78, 5) is 6.69. The molecule has 2 N–H and O–H groups in total. The van der Waals surface area contributed by atoms with Crippen LogP contribution in [0.4, 0.5) is 0 Å². The summed E-state index contributed by atoms with van der Waals surface area (Å²) in [5, 5.41) is 7.50. The molecule has 0 unspecified atom stereocenters. The molecule has 2 rings (SSSR count). The van der Waals surface area contributed by atoms with Gasteiger partial charge in [0.1, 0.15) is 0 Å². The van der Waals surface area contributed by atoms with Crippen molar-refractivity contribution in [2.45, 2.75) is 45.2 Å². The van der Waals surface area contributed by atoms with Gasteiger partial charge in [-0.2, -0.15) is 4.98 Å². The highest BCUT2D eigenvalue weighted by atomic mass is 32.2. The molecule has 0 radical (unpaired) electrons. The smallest absolute Gasteiger partial charge is 0.226 e. The van der Waals surface area contributed by atoms with Crippen molar-refractivity contribution in [3.05, 3.63) is 11.7 Å². The Morgan fingerprint density at radius 2 is 2.22 bits per heavy atom. The third kappa shape index (κ3) is 6.94. The lowest BCUT2D eigenvalue weighted by molar-refractivity contribution is 0.178. The van der Waals surface area contributed by atoms with Crippen molar-refractivity contribution in [1.29, 1.82) is 0 Å². The summed E-state index contributed by atoms with van der Waals surface area (Å²) < 4.78 is 29.6. The summed E-state index contributed by atoms with van der Waals surface area (Å²) in [6, 6.07) is 0.430. The molecular weight excluding hydrogens is 318 g/mol. The molecule has 1 aliphatic rings. The fourth-order valence-electron chi connectivity index (χ4n) is 2.72. The molecule has 8 nitrogen and oxygen atoms in total. The van der Waals surface area contributed by atoms with Crippen LogP contribution in [0.25, 0.3) is 0 Å². The molecular formula is C14H27N5O3S. The van der Waals surface area contributed by atoms with Crippen molar-refractivity contribution in [3.63, 3.8) is 0 Å². The normalized spacial score (nSPS) is 20.0. The molecule has 0 aromatic carbocycles. The zero-order valence-electron chi connectivity index (χ0n) is 13.9. The van der Waals surface area contributed by atoms with Gasteiger partial charge in [0.2, 0.25) is 15.9 Å². The Labute approximate surface area is 138 Å². The van der Waals surface area contributed by atoms with Gasteiger partial charge in [-0.15, -0.1) is 0 Å². The van der Waals surface area contributed by atoms with E-state index in [1.165, 1.54) is 6.26 Å². The summed E-state index contributed by atoms with van der Waals surface area (Å²) in [7, 11) is -3.08. The molecule has 1 fully saturated rings. The summed E-state index contributed by atoms with van der Waals surface area (Å²) >= 11 is 0. The van der Waals surface area contributed by atoms with Gasteiger partial charge < -0.3 is 9.84 Å². The number of likely N-dealkylation sites (tertiary alicyclic amines) is 1. The quantitative estimate of drug-likeness (QED) is 0.613. The van der Waals surface area contributed by atoms with Crippen molar-refractivity contribution < 1.29 is 12.9 Å². The Bertz CT molecular complexity index is 575. The maximum atomic E-state index is 11.0. The van der Waals surface area contributed by atoms with Crippen molar-refractivity contribution in [1.82, 2.24) is 25.1 Å². The van der Waals surface area contributed by atoms with Gasteiger partial charge in [-0.3, -0.25) is 4.90 Å². The van der Waals surface area contributed by atoms with Crippen LogP contribution in [0.2, 0.25) is 0 Å². The second-order valence-corrected chi connectivity index (χ2v) is 7.84. The van der Waals surface area contributed by atoms with Crippen molar-refractivity contribution in [2.24, 2.45) is 0 Å². The third-order valence-electron chi connectivity index (χ3n) is 3.83. The van der Waals surface area contributed by atoms with Crippen LogP contribution in [-0.4, -0.2) is 61.9 Å². The highest BCUT2D eigenvalue weighted by Gasteiger charge is 2.20. The van der Waals surface area contributed by atoms with E-state index in [-0.39, 0.29) is 0 Å². The van der Waals surface area contributed by atoms with E-state index in [9.17, 15) is 8.42 Å². The van der Waals surface area contributed by atoms with Crippen molar-refractivity contribution >= 4 is 10.0 Å². The summed E-state index contributed by atoms with van der Waals surface area (Å²) in [6.07, 6.45) is 5.01. The summed E-state index contributed by atoms with van der Waals surface area (Å²) in [5.41, 5.74) is 0. The first kappa shape index (κ1) is 18.3. The van der Waals surface area contributed by atoms with E-state index in [1.807, 2.05) is 6.92 Å². The standard InChI is InChI=1S/C14H27N5O3S/c1-3-14-17-13(18-22-14)11-19-9-4-6-12(10-19)15-7-5-8-16-23(2,20)21/h12,15-16H,3-11H2,1-2H3/t12-/m0/s1. The largest absolute Gasteiger partial charge is 0.339 e. The SMILES string of the molecule is CCc1nc(CN2CCC[C@H](NCCCNS(C)(=O)=O)C2)no1. The number of sulfonamides is 1. The number of rotatable bonds is 9. The molecule has 9 heteroatoms. The molecule has 0 aliphatic carbocycles. The predicted molar refractivity (Wildman–Crippen MR) is 87.4 cm³/mol. The van der Waals surface area contributed by atoms with Crippen LogP contribution in [0, 0.1) is 0 Å². The van der Waals surface area contributed by atoms with E-state index in [0.717, 1.165) is 57.7 Å². The molecule has 23 heavy (non-hydrogen) atoms. The molecule has 2 heterocycles. The zero-order chi connectivity index (χ0) is 16.7. The zero-order valence-corrected chi connectivity index (χ0v) is 14.7. The summed E-state index contributed by atoms with van der Waals surface area (Å²) in [5.74, 6) is 1.44. The van der Waals surface area contributed by atoms with Crippen LogP contribution in [0.1, 0.15) is 37.9 Å². The maximum absolute atomic E-state index is 11.0. The molecule has 1 aliphatic heterocycles. The van der Waals surface area contributed by atoms with Crippen LogP contribution in [0.3, 0.4) is 0 Å². The third-order valence-corrected chi connectivity index (χ3v) is 4.56. The van der Waals surface area contributed by atoms with Gasteiger partial charge in [0.15, 0.2) is 5.82 Å². The first-order valence-corrected chi connectivity index (χ1v) is 10.1. The number of nitrogens with zero attached hydrogens (tertiary/aromatic N) is 3. The fourth-order valence-corrected chi connectivity index (χ4v) is 3.23. The molecule has 0 saturated carbocycles. The Morgan fingerprint density at radius 3 is 2.91 bits per heavy atom. The number of nitrogens with one attached hydrogen (secondary N) is 2. The number of piperidine rings is 1. The van der Waals surface area contributed by atoms with Gasteiger partial charge in [-0.05, 0) is 32.4 Å². The highest BCUT2D eigenvalue weighted by Crippen LogP contribution is 2.12. The number of aryl methyl sites for hydroxylation is 1. The maximum Gasteiger partial charge on any atom is 0.226 e. The highest BCUT2D eigenvalue weighted by molar-refractivity contribution is 7.88. The van der Waals surface area contributed by atoms with E-state index in [2.05, 4.69) is 25.1 Å². The number of hydrogen-bond acceptors (Lipinski definition) is 7. The molecule has 0 amide bonds. The summed E-state index contributed by atoms with van der Waals surface area (Å²) in [6.45, 7) is 6.00. The van der Waals surface area contributed by atoms with E-state index >= 15 is 0 Å². The predicted octanol–water partition coefficient (Wildman–Crippen LogP) is 0.125. The van der Waals surface area contributed by atoms with Crippen molar-refractivity contribution in [3.8, 4) is 0 Å². The van der Waals surface area contributed by atoms with Gasteiger partial charge in [-0.1, -0.05) is 12.1 Å².